The van der Waals surface area contributed by atoms with E-state index >= 15 is 0 Å². The highest BCUT2D eigenvalue weighted by Crippen LogP contribution is 2.48. The number of benzene rings is 1. The molecule has 1 aliphatic rings. The predicted octanol–water partition coefficient (Wildman–Crippen LogP) is 4.11. The summed E-state index contributed by atoms with van der Waals surface area (Å²) in [6.07, 6.45) is 1.77. The molecule has 0 N–H and O–H groups in total. The first-order chi connectivity index (χ1) is 8.24. The Morgan fingerprint density at radius 3 is 2.53 bits per heavy atom. The molecule has 1 heterocycles. The van der Waals surface area contributed by atoms with E-state index in [2.05, 4.69) is 29.3 Å². The van der Waals surface area contributed by atoms with Crippen LogP contribution in [0.25, 0.3) is 16.7 Å². The van der Waals surface area contributed by atoms with Gasteiger partial charge in [-0.05, 0) is 23.4 Å². The van der Waals surface area contributed by atoms with Crippen molar-refractivity contribution in [2.24, 2.45) is 4.99 Å². The highest BCUT2D eigenvalue weighted by atomic mass is 35.5. The zero-order chi connectivity index (χ0) is 12.0. The van der Waals surface area contributed by atoms with E-state index in [-0.39, 0.29) is 0 Å². The molecule has 0 saturated heterocycles. The molecule has 0 aliphatic heterocycles. The second kappa shape index (κ2) is 3.54. The summed E-state index contributed by atoms with van der Waals surface area (Å²) in [4.78, 5) is 8.12. The lowest BCUT2D eigenvalue weighted by Crippen LogP contribution is -1.85. The topological polar surface area (TPSA) is 25.2 Å². The fraction of sp³-hybridized carbons (Fsp3) is 0. The molecule has 1 aliphatic carbocycles. The summed E-state index contributed by atoms with van der Waals surface area (Å²) < 4.78 is 0. The lowest BCUT2D eigenvalue weighted by Gasteiger charge is -2.05. The van der Waals surface area contributed by atoms with Gasteiger partial charge in [-0.15, -0.1) is 0 Å². The van der Waals surface area contributed by atoms with Crippen molar-refractivity contribution >= 4 is 29.6 Å². The van der Waals surface area contributed by atoms with E-state index in [1.54, 1.807) is 6.20 Å². The van der Waals surface area contributed by atoms with Gasteiger partial charge in [-0.2, -0.15) is 0 Å². The van der Waals surface area contributed by atoms with Crippen LogP contribution in [0.15, 0.2) is 42.0 Å². The third-order valence-electron chi connectivity index (χ3n) is 3.01. The molecule has 17 heavy (non-hydrogen) atoms. The summed E-state index contributed by atoms with van der Waals surface area (Å²) in [6, 6.07) is 8.08. The van der Waals surface area contributed by atoms with Gasteiger partial charge in [0.05, 0.1) is 0 Å². The molecule has 0 bridgehead atoms. The molecule has 2 nitrogen and oxygen atoms in total. The van der Waals surface area contributed by atoms with Crippen molar-refractivity contribution in [2.75, 3.05) is 0 Å². The Kier molecular flexibility index (Phi) is 2.13. The average molecular weight is 241 g/mol. The van der Waals surface area contributed by atoms with E-state index in [1.807, 2.05) is 18.2 Å². The van der Waals surface area contributed by atoms with E-state index in [0.717, 1.165) is 27.8 Å². The molecule has 0 unspecified atom stereocenters. The van der Waals surface area contributed by atoms with Crippen LogP contribution in [-0.2, 0) is 0 Å². The van der Waals surface area contributed by atoms with Gasteiger partial charge in [-0.1, -0.05) is 42.4 Å². The molecule has 3 rings (SSSR count). The van der Waals surface area contributed by atoms with Crippen LogP contribution in [0.4, 0.5) is 5.69 Å². The van der Waals surface area contributed by atoms with Crippen LogP contribution in [0, 0.1) is 0 Å². The molecular formula is C14H9ClN2. The molecule has 0 radical (unpaired) electrons. The zero-order valence-corrected chi connectivity index (χ0v) is 9.83. The molecule has 1 aromatic heterocycles. The van der Waals surface area contributed by atoms with Crippen LogP contribution >= 0.6 is 11.6 Å². The van der Waals surface area contributed by atoms with Crippen LogP contribution in [0.2, 0.25) is 5.15 Å². The molecule has 0 amide bonds. The van der Waals surface area contributed by atoms with Crippen LogP contribution in [0.5, 0.6) is 0 Å². The summed E-state index contributed by atoms with van der Waals surface area (Å²) in [7, 11) is 0. The first-order valence-electron chi connectivity index (χ1n) is 5.18. The van der Waals surface area contributed by atoms with Crippen molar-refractivity contribution in [3.05, 3.63) is 53.3 Å². The second-order valence-electron chi connectivity index (χ2n) is 3.87. The third-order valence-corrected chi connectivity index (χ3v) is 3.29. The average Bonchev–Trinajstić information content (AvgIpc) is 2.64. The van der Waals surface area contributed by atoms with Gasteiger partial charge in [0, 0.05) is 17.3 Å². The Morgan fingerprint density at radius 1 is 1.12 bits per heavy atom. The maximum atomic E-state index is 6.03. The van der Waals surface area contributed by atoms with Crippen molar-refractivity contribution in [3.63, 3.8) is 0 Å². The summed E-state index contributed by atoms with van der Waals surface area (Å²) in [5.74, 6) is 0. The first kappa shape index (κ1) is 10.2. The Balaban J connectivity index is 2.42. The molecule has 3 heteroatoms. The van der Waals surface area contributed by atoms with Crippen LogP contribution in [-0.4, -0.2) is 11.7 Å². The van der Waals surface area contributed by atoms with Crippen molar-refractivity contribution in [1.82, 2.24) is 4.98 Å². The number of aromatic nitrogens is 1. The summed E-state index contributed by atoms with van der Waals surface area (Å²) in [5.41, 5.74) is 5.75. The van der Waals surface area contributed by atoms with Gasteiger partial charge in [0.2, 0.25) is 0 Å². The van der Waals surface area contributed by atoms with Gasteiger partial charge < -0.3 is 0 Å². The maximum Gasteiger partial charge on any atom is 0.155 e. The Bertz CT molecular complexity index is 659. The van der Waals surface area contributed by atoms with E-state index in [4.69, 9.17) is 11.6 Å². The van der Waals surface area contributed by atoms with Gasteiger partial charge in [-0.25, -0.2) is 4.98 Å². The number of aliphatic imine (C=N–C) groups is 1. The Labute approximate surface area is 104 Å². The number of pyridine rings is 1. The van der Waals surface area contributed by atoms with Crippen LogP contribution in [0.3, 0.4) is 0 Å². The van der Waals surface area contributed by atoms with Crippen LogP contribution < -0.4 is 0 Å². The zero-order valence-electron chi connectivity index (χ0n) is 9.07. The number of fused-ring (bicyclic) bond motifs is 3. The normalized spacial score (nSPS) is 12.2. The monoisotopic (exact) mass is 240 g/mol. The predicted molar refractivity (Wildman–Crippen MR) is 72.0 cm³/mol. The van der Waals surface area contributed by atoms with Gasteiger partial charge in [0.25, 0.3) is 0 Å². The second-order valence-corrected chi connectivity index (χ2v) is 4.23. The van der Waals surface area contributed by atoms with E-state index in [9.17, 15) is 0 Å². The quantitative estimate of drug-likeness (QED) is 0.464. The number of hydrogen-bond acceptors (Lipinski definition) is 2. The van der Waals surface area contributed by atoms with Crippen molar-refractivity contribution < 1.29 is 0 Å². The van der Waals surface area contributed by atoms with E-state index < -0.39 is 0 Å². The van der Waals surface area contributed by atoms with Gasteiger partial charge in [0.15, 0.2) is 5.15 Å². The number of halogens is 1. The minimum Gasteiger partial charge on any atom is -0.261 e. The SMILES string of the molecule is C=Nc1c(Cl)ncc2c1C(=C)c1ccccc1-2. The lowest BCUT2D eigenvalue weighted by atomic mass is 10.1. The molecule has 1 aromatic carbocycles. The highest BCUT2D eigenvalue weighted by Gasteiger charge is 2.26. The number of nitrogens with zero attached hydrogens (tertiary/aromatic N) is 2. The lowest BCUT2D eigenvalue weighted by molar-refractivity contribution is 1.31. The van der Waals surface area contributed by atoms with E-state index in [1.165, 1.54) is 0 Å². The minimum absolute atomic E-state index is 0.368. The molecule has 2 aromatic rings. The maximum absolute atomic E-state index is 6.03. The fourth-order valence-corrected chi connectivity index (χ4v) is 2.45. The molecule has 0 fully saturated rings. The minimum atomic E-state index is 0.368. The number of rotatable bonds is 1. The third kappa shape index (κ3) is 1.28. The smallest absolute Gasteiger partial charge is 0.155 e. The number of hydrogen-bond donors (Lipinski definition) is 0. The first-order valence-corrected chi connectivity index (χ1v) is 5.56. The van der Waals surface area contributed by atoms with Gasteiger partial charge >= 0.3 is 0 Å². The fourth-order valence-electron chi connectivity index (χ4n) is 2.25. The highest BCUT2D eigenvalue weighted by molar-refractivity contribution is 6.32. The van der Waals surface area contributed by atoms with Gasteiger partial charge in [-0.3, -0.25) is 4.99 Å². The van der Waals surface area contributed by atoms with Crippen LogP contribution in [0.1, 0.15) is 11.1 Å². The van der Waals surface area contributed by atoms with E-state index in [0.29, 0.717) is 10.8 Å². The van der Waals surface area contributed by atoms with Crippen molar-refractivity contribution in [2.45, 2.75) is 0 Å². The Hall–Kier alpha value is -1.93. The summed E-state index contributed by atoms with van der Waals surface area (Å²) in [5, 5.41) is 0.368. The molecule has 0 spiro atoms. The summed E-state index contributed by atoms with van der Waals surface area (Å²) in [6.45, 7) is 7.66. The standard InChI is InChI=1S/C14H9ClN2/c1-8-9-5-3-4-6-10(9)11-7-17-14(15)13(16-2)12(8)11/h3-7H,1-2H2. The molecule has 82 valence electrons. The molecule has 0 saturated carbocycles. The van der Waals surface area contributed by atoms with Crippen molar-refractivity contribution in [1.29, 1.82) is 0 Å². The largest absolute Gasteiger partial charge is 0.261 e. The summed E-state index contributed by atoms with van der Waals surface area (Å²) >= 11 is 6.03. The van der Waals surface area contributed by atoms with Crippen molar-refractivity contribution in [3.8, 4) is 11.1 Å². The Morgan fingerprint density at radius 2 is 1.82 bits per heavy atom. The molecular weight excluding hydrogens is 232 g/mol. The van der Waals surface area contributed by atoms with Gasteiger partial charge in [0.1, 0.15) is 5.69 Å². The molecule has 0 atom stereocenters.